The summed E-state index contributed by atoms with van der Waals surface area (Å²) in [6.45, 7) is 8.00. The summed E-state index contributed by atoms with van der Waals surface area (Å²) in [6, 6.07) is 6.72. The van der Waals surface area contributed by atoms with Crippen LogP contribution >= 0.6 is 15.9 Å². The maximum Gasteiger partial charge on any atom is 0.0377 e. The normalized spacial score (nSPS) is 19.0. The summed E-state index contributed by atoms with van der Waals surface area (Å²) >= 11 is 3.67. The maximum atomic E-state index is 3.67. The van der Waals surface area contributed by atoms with Crippen LogP contribution < -0.4 is 10.2 Å². The van der Waals surface area contributed by atoms with Crippen molar-refractivity contribution < 1.29 is 0 Å². The number of benzene rings is 1. The number of hydrogen-bond acceptors (Lipinski definition) is 2. The molecule has 2 nitrogen and oxygen atoms in total. The molecule has 3 heteroatoms. The standard InChI is InChI=1S/C15H23BrN2/c1-15(2)6-8-18(9-7-15)13-5-4-12(11-17-3)14(16)10-13/h4-5,10,17H,6-9,11H2,1-3H3. The summed E-state index contributed by atoms with van der Waals surface area (Å²) in [5, 5.41) is 3.19. The fourth-order valence-corrected chi connectivity index (χ4v) is 2.94. The minimum absolute atomic E-state index is 0.514. The zero-order chi connectivity index (χ0) is 13.2. The molecule has 2 rings (SSSR count). The number of piperidine rings is 1. The Morgan fingerprint density at radius 3 is 2.50 bits per heavy atom. The van der Waals surface area contributed by atoms with Crippen molar-refractivity contribution in [2.75, 3.05) is 25.0 Å². The molecule has 0 aliphatic carbocycles. The molecule has 0 amide bonds. The Hall–Kier alpha value is -0.540. The summed E-state index contributed by atoms with van der Waals surface area (Å²) in [4.78, 5) is 2.50. The maximum absolute atomic E-state index is 3.67. The zero-order valence-electron chi connectivity index (χ0n) is 11.6. The van der Waals surface area contributed by atoms with Gasteiger partial charge in [-0.1, -0.05) is 35.8 Å². The third-order valence-electron chi connectivity index (χ3n) is 3.89. The van der Waals surface area contributed by atoms with E-state index in [1.807, 2.05) is 7.05 Å². The van der Waals surface area contributed by atoms with Gasteiger partial charge in [0.05, 0.1) is 0 Å². The van der Waals surface area contributed by atoms with Crippen LogP contribution in [0.2, 0.25) is 0 Å². The van der Waals surface area contributed by atoms with Gasteiger partial charge in [-0.2, -0.15) is 0 Å². The lowest BCUT2D eigenvalue weighted by atomic mass is 9.82. The van der Waals surface area contributed by atoms with Crippen LogP contribution in [0.3, 0.4) is 0 Å². The summed E-state index contributed by atoms with van der Waals surface area (Å²) in [6.07, 6.45) is 2.56. The predicted molar refractivity (Wildman–Crippen MR) is 82.1 cm³/mol. The molecule has 0 unspecified atom stereocenters. The Morgan fingerprint density at radius 2 is 1.94 bits per heavy atom. The summed E-state index contributed by atoms with van der Waals surface area (Å²) in [5.74, 6) is 0. The SMILES string of the molecule is CNCc1ccc(N2CCC(C)(C)CC2)cc1Br. The van der Waals surface area contributed by atoms with Gasteiger partial charge in [0.15, 0.2) is 0 Å². The van der Waals surface area contributed by atoms with E-state index in [0.717, 1.165) is 6.54 Å². The average molecular weight is 311 g/mol. The van der Waals surface area contributed by atoms with E-state index < -0.39 is 0 Å². The van der Waals surface area contributed by atoms with Gasteiger partial charge in [0.1, 0.15) is 0 Å². The Morgan fingerprint density at radius 1 is 1.28 bits per heavy atom. The van der Waals surface area contributed by atoms with E-state index in [1.165, 1.54) is 41.7 Å². The van der Waals surface area contributed by atoms with Crippen LogP contribution in [0.15, 0.2) is 22.7 Å². The zero-order valence-corrected chi connectivity index (χ0v) is 13.2. The van der Waals surface area contributed by atoms with Gasteiger partial charge in [-0.3, -0.25) is 0 Å². The van der Waals surface area contributed by atoms with Crippen LogP contribution in [-0.4, -0.2) is 20.1 Å². The molecule has 1 aliphatic heterocycles. The highest BCUT2D eigenvalue weighted by atomic mass is 79.9. The minimum Gasteiger partial charge on any atom is -0.371 e. The van der Waals surface area contributed by atoms with E-state index in [9.17, 15) is 0 Å². The first-order valence-corrected chi connectivity index (χ1v) is 7.49. The van der Waals surface area contributed by atoms with Gasteiger partial charge in [-0.25, -0.2) is 0 Å². The van der Waals surface area contributed by atoms with Gasteiger partial charge in [0.2, 0.25) is 0 Å². The summed E-state index contributed by atoms with van der Waals surface area (Å²) in [5.41, 5.74) is 3.18. The predicted octanol–water partition coefficient (Wildman–Crippen LogP) is 3.79. The van der Waals surface area contributed by atoms with Crippen LogP contribution in [-0.2, 0) is 6.54 Å². The van der Waals surface area contributed by atoms with Crippen molar-refractivity contribution >= 4 is 21.6 Å². The van der Waals surface area contributed by atoms with Gasteiger partial charge in [0, 0.05) is 29.8 Å². The molecule has 0 spiro atoms. The Balaban J connectivity index is 2.08. The molecule has 100 valence electrons. The van der Waals surface area contributed by atoms with Gasteiger partial charge in [-0.05, 0) is 43.0 Å². The molecule has 1 saturated heterocycles. The number of rotatable bonds is 3. The fraction of sp³-hybridized carbons (Fsp3) is 0.600. The van der Waals surface area contributed by atoms with Gasteiger partial charge in [-0.15, -0.1) is 0 Å². The van der Waals surface area contributed by atoms with Crippen molar-refractivity contribution in [3.63, 3.8) is 0 Å². The van der Waals surface area contributed by atoms with E-state index in [-0.39, 0.29) is 0 Å². The van der Waals surface area contributed by atoms with Crippen molar-refractivity contribution in [3.05, 3.63) is 28.2 Å². The van der Waals surface area contributed by atoms with Crippen molar-refractivity contribution in [1.29, 1.82) is 0 Å². The third kappa shape index (κ3) is 3.27. The molecule has 1 heterocycles. The van der Waals surface area contributed by atoms with Crippen LogP contribution in [0.25, 0.3) is 0 Å². The molecule has 1 aromatic rings. The fourth-order valence-electron chi connectivity index (χ4n) is 2.44. The van der Waals surface area contributed by atoms with Gasteiger partial charge < -0.3 is 10.2 Å². The lowest BCUT2D eigenvalue weighted by Gasteiger charge is -2.38. The second kappa shape index (κ2) is 5.62. The van der Waals surface area contributed by atoms with Crippen molar-refractivity contribution in [3.8, 4) is 0 Å². The first kappa shape index (κ1) is 13.9. The van der Waals surface area contributed by atoms with E-state index >= 15 is 0 Å². The van der Waals surface area contributed by atoms with Crippen molar-refractivity contribution in [1.82, 2.24) is 5.32 Å². The number of anilines is 1. The molecule has 0 aromatic heterocycles. The molecule has 0 saturated carbocycles. The number of halogens is 1. The smallest absolute Gasteiger partial charge is 0.0377 e. The quantitative estimate of drug-likeness (QED) is 0.913. The highest BCUT2D eigenvalue weighted by Gasteiger charge is 2.25. The number of nitrogens with zero attached hydrogens (tertiary/aromatic N) is 1. The molecule has 0 bridgehead atoms. The molecule has 1 aromatic carbocycles. The van der Waals surface area contributed by atoms with Gasteiger partial charge >= 0.3 is 0 Å². The largest absolute Gasteiger partial charge is 0.371 e. The second-order valence-electron chi connectivity index (χ2n) is 5.96. The van der Waals surface area contributed by atoms with Crippen molar-refractivity contribution in [2.24, 2.45) is 5.41 Å². The number of hydrogen-bond donors (Lipinski definition) is 1. The van der Waals surface area contributed by atoms with Crippen LogP contribution in [0.5, 0.6) is 0 Å². The van der Waals surface area contributed by atoms with E-state index in [0.29, 0.717) is 5.41 Å². The second-order valence-corrected chi connectivity index (χ2v) is 6.81. The average Bonchev–Trinajstić information content (AvgIpc) is 2.32. The topological polar surface area (TPSA) is 15.3 Å². The van der Waals surface area contributed by atoms with E-state index in [1.54, 1.807) is 0 Å². The van der Waals surface area contributed by atoms with E-state index in [4.69, 9.17) is 0 Å². The Labute approximate surface area is 119 Å². The lowest BCUT2D eigenvalue weighted by Crippen LogP contribution is -2.37. The first-order valence-electron chi connectivity index (χ1n) is 6.70. The lowest BCUT2D eigenvalue weighted by molar-refractivity contribution is 0.280. The van der Waals surface area contributed by atoms with Crippen molar-refractivity contribution in [2.45, 2.75) is 33.2 Å². The molecule has 1 fully saturated rings. The van der Waals surface area contributed by atoms with Gasteiger partial charge in [0.25, 0.3) is 0 Å². The van der Waals surface area contributed by atoms with Crippen LogP contribution in [0.4, 0.5) is 5.69 Å². The molecule has 0 atom stereocenters. The Bertz CT molecular complexity index is 405. The third-order valence-corrected chi connectivity index (χ3v) is 4.62. The summed E-state index contributed by atoms with van der Waals surface area (Å²) in [7, 11) is 1.98. The molecule has 18 heavy (non-hydrogen) atoms. The highest BCUT2D eigenvalue weighted by molar-refractivity contribution is 9.10. The van der Waals surface area contributed by atoms with Crippen LogP contribution in [0, 0.1) is 5.41 Å². The molecule has 1 aliphatic rings. The molecular weight excluding hydrogens is 288 g/mol. The number of nitrogens with one attached hydrogen (secondary N) is 1. The summed E-state index contributed by atoms with van der Waals surface area (Å²) < 4.78 is 1.21. The van der Waals surface area contributed by atoms with E-state index in [2.05, 4.69) is 58.2 Å². The monoisotopic (exact) mass is 310 g/mol. The Kier molecular flexibility index (Phi) is 4.33. The minimum atomic E-state index is 0.514. The molecule has 1 N–H and O–H groups in total. The molecule has 0 radical (unpaired) electrons. The van der Waals surface area contributed by atoms with Crippen LogP contribution in [0.1, 0.15) is 32.3 Å². The first-order chi connectivity index (χ1) is 8.52. The highest BCUT2D eigenvalue weighted by Crippen LogP contribution is 2.33. The molecular formula is C15H23BrN2.